The molecule has 0 saturated carbocycles. The van der Waals surface area contributed by atoms with Crippen molar-refractivity contribution in [3.05, 3.63) is 53.0 Å². The van der Waals surface area contributed by atoms with Crippen molar-refractivity contribution in [3.8, 4) is 5.75 Å². The summed E-state index contributed by atoms with van der Waals surface area (Å²) >= 11 is 3.33. The summed E-state index contributed by atoms with van der Waals surface area (Å²) in [4.78, 5) is 0.361. The molecule has 2 aliphatic rings. The molecule has 2 heterocycles. The normalized spacial score (nSPS) is 21.2. The maximum Gasteiger partial charge on any atom is 0.243 e. The van der Waals surface area contributed by atoms with Gasteiger partial charge in [0.25, 0.3) is 0 Å². The Labute approximate surface area is 226 Å². The number of aliphatic hydroxyl groups excluding tert-OH is 1. The quantitative estimate of drug-likeness (QED) is 0.367. The van der Waals surface area contributed by atoms with Gasteiger partial charge in [-0.25, -0.2) is 21.6 Å². The molecule has 0 amide bonds. The Balaban J connectivity index is 1.23. The fraction of sp³-hybridized carbons (Fsp3) is 0.500. The third-order valence-corrected chi connectivity index (χ3v) is 10.5. The number of hydrogen-bond acceptors (Lipinski definition) is 8. The van der Waals surface area contributed by atoms with Gasteiger partial charge < -0.3 is 19.9 Å². The molecular formula is C24H32BrN3O7S2. The first-order valence-electron chi connectivity index (χ1n) is 12.0. The lowest BCUT2D eigenvalue weighted by Crippen LogP contribution is -2.47. The minimum absolute atomic E-state index is 0.00278. The van der Waals surface area contributed by atoms with E-state index in [1.54, 1.807) is 36.4 Å². The number of benzene rings is 2. The Morgan fingerprint density at radius 1 is 1.14 bits per heavy atom. The smallest absolute Gasteiger partial charge is 0.243 e. The zero-order valence-electron chi connectivity index (χ0n) is 20.5. The van der Waals surface area contributed by atoms with Gasteiger partial charge in [-0.15, -0.1) is 0 Å². The molecule has 0 radical (unpaired) electrons. The van der Waals surface area contributed by atoms with Crippen LogP contribution in [0.4, 0.5) is 0 Å². The molecular weight excluding hydrogens is 586 g/mol. The Morgan fingerprint density at radius 3 is 2.54 bits per heavy atom. The number of sulfonamides is 2. The molecule has 10 nitrogen and oxygen atoms in total. The van der Waals surface area contributed by atoms with Crippen molar-refractivity contribution in [3.63, 3.8) is 0 Å². The molecule has 0 aliphatic carbocycles. The van der Waals surface area contributed by atoms with Crippen LogP contribution in [0.15, 0.2) is 62.8 Å². The van der Waals surface area contributed by atoms with Crippen LogP contribution in [-0.4, -0.2) is 83.9 Å². The van der Waals surface area contributed by atoms with E-state index in [9.17, 15) is 21.9 Å². The van der Waals surface area contributed by atoms with E-state index in [0.717, 1.165) is 10.9 Å². The fourth-order valence-electron chi connectivity index (χ4n) is 4.64. The predicted octanol–water partition coefficient (Wildman–Crippen LogP) is 1.70. The van der Waals surface area contributed by atoms with Gasteiger partial charge in [0.05, 0.1) is 22.0 Å². The summed E-state index contributed by atoms with van der Waals surface area (Å²) in [6, 6.07) is 12.8. The van der Waals surface area contributed by atoms with E-state index in [1.165, 1.54) is 23.5 Å². The largest absolute Gasteiger partial charge is 0.491 e. The minimum Gasteiger partial charge on any atom is -0.491 e. The first-order valence-corrected chi connectivity index (χ1v) is 15.7. The van der Waals surface area contributed by atoms with E-state index in [0.29, 0.717) is 38.3 Å². The van der Waals surface area contributed by atoms with Crippen LogP contribution in [0.2, 0.25) is 0 Å². The Kier molecular flexibility index (Phi) is 8.96. The SMILES string of the molecule is CNS(=O)(=O)c1cccc(OC[C@@H](O)CNC2COC3(CCN(S(=O)(=O)c4cccc(Br)c4)CC3)C2)c1. The molecule has 0 aromatic heterocycles. The summed E-state index contributed by atoms with van der Waals surface area (Å²) in [5.41, 5.74) is -0.373. The molecule has 2 fully saturated rings. The second kappa shape index (κ2) is 11.7. The number of hydrogen-bond donors (Lipinski definition) is 3. The van der Waals surface area contributed by atoms with Crippen LogP contribution in [-0.2, 0) is 24.8 Å². The fourth-order valence-corrected chi connectivity index (χ4v) is 7.44. The van der Waals surface area contributed by atoms with Crippen molar-refractivity contribution < 1.29 is 31.4 Å². The highest BCUT2D eigenvalue weighted by atomic mass is 79.9. The summed E-state index contributed by atoms with van der Waals surface area (Å²) in [6.45, 7) is 1.54. The Morgan fingerprint density at radius 2 is 1.84 bits per heavy atom. The number of nitrogens with zero attached hydrogens (tertiary/aromatic N) is 1. The maximum absolute atomic E-state index is 13.0. The number of nitrogens with one attached hydrogen (secondary N) is 2. The van der Waals surface area contributed by atoms with Crippen molar-refractivity contribution in [1.82, 2.24) is 14.3 Å². The number of aliphatic hydroxyl groups is 1. The van der Waals surface area contributed by atoms with Crippen LogP contribution in [0, 0.1) is 0 Å². The summed E-state index contributed by atoms with van der Waals surface area (Å²) in [6.07, 6.45) is 1.14. The number of piperidine rings is 1. The highest BCUT2D eigenvalue weighted by molar-refractivity contribution is 9.10. The van der Waals surface area contributed by atoms with Crippen LogP contribution < -0.4 is 14.8 Å². The number of rotatable bonds is 10. The number of ether oxygens (including phenoxy) is 2. The molecule has 2 atom stereocenters. The van der Waals surface area contributed by atoms with Crippen LogP contribution in [0.1, 0.15) is 19.3 Å². The van der Waals surface area contributed by atoms with Gasteiger partial charge in [0.2, 0.25) is 20.0 Å². The first kappa shape index (κ1) is 28.4. The molecule has 1 unspecified atom stereocenters. The van der Waals surface area contributed by atoms with Gasteiger partial charge >= 0.3 is 0 Å². The molecule has 2 aromatic carbocycles. The average Bonchev–Trinajstić information content (AvgIpc) is 3.28. The molecule has 204 valence electrons. The van der Waals surface area contributed by atoms with Crippen molar-refractivity contribution >= 4 is 36.0 Å². The highest BCUT2D eigenvalue weighted by Gasteiger charge is 2.44. The summed E-state index contributed by atoms with van der Waals surface area (Å²) in [7, 11) is -5.80. The van der Waals surface area contributed by atoms with Gasteiger partial charge in [0.15, 0.2) is 0 Å². The topological polar surface area (TPSA) is 134 Å². The molecule has 4 rings (SSSR count). The third kappa shape index (κ3) is 6.90. The lowest BCUT2D eigenvalue weighted by atomic mass is 9.88. The Hall–Kier alpha value is -1.58. The monoisotopic (exact) mass is 617 g/mol. The zero-order valence-corrected chi connectivity index (χ0v) is 23.7. The molecule has 1 spiro atoms. The number of halogens is 1. The van der Waals surface area contributed by atoms with Crippen molar-refractivity contribution in [1.29, 1.82) is 0 Å². The van der Waals surface area contributed by atoms with Crippen LogP contribution in [0.3, 0.4) is 0 Å². The molecule has 37 heavy (non-hydrogen) atoms. The van der Waals surface area contributed by atoms with Gasteiger partial charge in [-0.2, -0.15) is 4.31 Å². The molecule has 2 saturated heterocycles. The second-order valence-corrected chi connectivity index (χ2v) is 14.1. The van der Waals surface area contributed by atoms with E-state index in [-0.39, 0.29) is 34.6 Å². The molecule has 2 aromatic rings. The second-order valence-electron chi connectivity index (χ2n) is 9.31. The maximum atomic E-state index is 13.0. The molecule has 13 heteroatoms. The molecule has 3 N–H and O–H groups in total. The van der Waals surface area contributed by atoms with E-state index in [2.05, 4.69) is 26.0 Å². The highest BCUT2D eigenvalue weighted by Crippen LogP contribution is 2.37. The van der Waals surface area contributed by atoms with Gasteiger partial charge in [0, 0.05) is 36.2 Å². The molecule has 2 aliphatic heterocycles. The predicted molar refractivity (Wildman–Crippen MR) is 141 cm³/mol. The van der Waals surface area contributed by atoms with Crippen LogP contribution in [0.5, 0.6) is 5.75 Å². The van der Waals surface area contributed by atoms with E-state index < -0.39 is 26.2 Å². The standard InChI is InChI=1S/C24H32BrN3O7S2/c1-26-36(30,31)22-6-3-5-21(13-22)34-17-20(29)15-27-19-14-24(35-16-19)8-10-28(11-9-24)37(32,33)23-7-2-4-18(25)12-23/h2-7,12-13,19-20,26-27,29H,8-11,14-17H2,1H3/t19?,20-/m0/s1. The van der Waals surface area contributed by atoms with Crippen LogP contribution in [0.25, 0.3) is 0 Å². The summed E-state index contributed by atoms with van der Waals surface area (Å²) in [5, 5.41) is 13.7. The third-order valence-electron chi connectivity index (χ3n) is 6.75. The first-order chi connectivity index (χ1) is 17.5. The van der Waals surface area contributed by atoms with Gasteiger partial charge in [-0.05, 0) is 56.6 Å². The summed E-state index contributed by atoms with van der Waals surface area (Å²) < 4.78 is 66.1. The minimum atomic E-state index is -3.58. The van der Waals surface area contributed by atoms with Crippen LogP contribution >= 0.6 is 15.9 Å². The van der Waals surface area contributed by atoms with E-state index in [1.807, 2.05) is 0 Å². The van der Waals surface area contributed by atoms with E-state index >= 15 is 0 Å². The van der Waals surface area contributed by atoms with Crippen molar-refractivity contribution in [2.75, 3.05) is 39.9 Å². The Bertz CT molecular complexity index is 1300. The van der Waals surface area contributed by atoms with Gasteiger partial charge in [-0.3, -0.25) is 0 Å². The lowest BCUT2D eigenvalue weighted by molar-refractivity contribution is -0.0312. The zero-order chi connectivity index (χ0) is 26.7. The van der Waals surface area contributed by atoms with Gasteiger partial charge in [0.1, 0.15) is 18.5 Å². The van der Waals surface area contributed by atoms with Gasteiger partial charge in [-0.1, -0.05) is 28.1 Å². The van der Waals surface area contributed by atoms with Crippen molar-refractivity contribution in [2.24, 2.45) is 0 Å². The van der Waals surface area contributed by atoms with Crippen molar-refractivity contribution in [2.45, 2.75) is 46.8 Å². The molecule has 0 bridgehead atoms. The van der Waals surface area contributed by atoms with E-state index in [4.69, 9.17) is 9.47 Å². The average molecular weight is 619 g/mol. The lowest BCUT2D eigenvalue weighted by Gasteiger charge is -2.38. The summed E-state index contributed by atoms with van der Waals surface area (Å²) in [5.74, 6) is 0.350.